The van der Waals surface area contributed by atoms with Gasteiger partial charge in [0.05, 0.1) is 9.17 Å². The quantitative estimate of drug-likeness (QED) is 0.628. The Hall–Kier alpha value is -1.24. The second kappa shape index (κ2) is 5.44. The molecule has 0 N–H and O–H groups in total. The summed E-state index contributed by atoms with van der Waals surface area (Å²) in [5, 5.41) is 0.769. The van der Waals surface area contributed by atoms with Crippen molar-refractivity contribution in [1.82, 2.24) is 9.55 Å². The zero-order chi connectivity index (χ0) is 15.3. The van der Waals surface area contributed by atoms with E-state index in [0.29, 0.717) is 0 Å². The lowest BCUT2D eigenvalue weighted by Gasteiger charge is -2.02. The summed E-state index contributed by atoms with van der Waals surface area (Å²) in [6.07, 6.45) is 3.97. The lowest BCUT2D eigenvalue weighted by Crippen LogP contribution is -2.19. The fourth-order valence-corrected chi connectivity index (χ4v) is 5.10. The summed E-state index contributed by atoms with van der Waals surface area (Å²) in [6.45, 7) is 2.84. The molecule has 4 rings (SSSR count). The Morgan fingerprint density at radius 2 is 2.27 bits per heavy atom. The molecule has 0 radical (unpaired) electrons. The third kappa shape index (κ3) is 2.30. The molecule has 3 aromatic heterocycles. The number of hydrogen-bond donors (Lipinski definition) is 0. The summed E-state index contributed by atoms with van der Waals surface area (Å²) < 4.78 is 2.94. The fraction of sp³-hybridized carbons (Fsp3) is 0.250. The van der Waals surface area contributed by atoms with Crippen molar-refractivity contribution in [2.45, 2.75) is 26.3 Å². The van der Waals surface area contributed by atoms with Gasteiger partial charge in [-0.1, -0.05) is 6.92 Å². The van der Waals surface area contributed by atoms with Gasteiger partial charge < -0.3 is 0 Å². The molecule has 0 spiro atoms. The van der Waals surface area contributed by atoms with Crippen LogP contribution in [0.25, 0.3) is 21.9 Å². The maximum Gasteiger partial charge on any atom is 0.262 e. The van der Waals surface area contributed by atoms with Gasteiger partial charge in [0.1, 0.15) is 10.7 Å². The molecular formula is C16H13BrN2OS2. The van der Waals surface area contributed by atoms with Gasteiger partial charge in [0, 0.05) is 16.3 Å². The molecule has 4 heterocycles. The summed E-state index contributed by atoms with van der Waals surface area (Å²) in [7, 11) is 0. The van der Waals surface area contributed by atoms with Crippen molar-refractivity contribution < 1.29 is 0 Å². The zero-order valence-electron chi connectivity index (χ0n) is 11.9. The zero-order valence-corrected chi connectivity index (χ0v) is 15.1. The molecule has 0 amide bonds. The molecule has 22 heavy (non-hydrogen) atoms. The summed E-state index contributed by atoms with van der Waals surface area (Å²) in [5.74, 6) is 0.839. The number of nitrogens with zero attached hydrogens (tertiary/aromatic N) is 2. The van der Waals surface area contributed by atoms with Gasteiger partial charge in [0.25, 0.3) is 5.56 Å². The van der Waals surface area contributed by atoms with Crippen LogP contribution in [0.4, 0.5) is 0 Å². The molecule has 112 valence electrons. The minimum Gasteiger partial charge on any atom is -0.292 e. The normalized spacial score (nSPS) is 15.8. The number of thiophene rings is 2. The van der Waals surface area contributed by atoms with Crippen LogP contribution >= 0.6 is 38.6 Å². The Labute approximate surface area is 144 Å². The average Bonchev–Trinajstić information content (AvgIpc) is 3.19. The lowest BCUT2D eigenvalue weighted by atomic mass is 10.2. The molecule has 0 saturated heterocycles. The molecule has 0 bridgehead atoms. The maximum absolute atomic E-state index is 12.6. The Balaban J connectivity index is 1.89. The van der Waals surface area contributed by atoms with E-state index in [1.54, 1.807) is 22.7 Å². The van der Waals surface area contributed by atoms with Crippen LogP contribution in [-0.2, 0) is 13.0 Å². The van der Waals surface area contributed by atoms with Crippen molar-refractivity contribution in [2.24, 2.45) is 0 Å². The van der Waals surface area contributed by atoms with E-state index in [1.165, 1.54) is 9.75 Å². The van der Waals surface area contributed by atoms with Crippen LogP contribution in [0.15, 0.2) is 26.8 Å². The van der Waals surface area contributed by atoms with Gasteiger partial charge in [0.2, 0.25) is 0 Å². The van der Waals surface area contributed by atoms with Crippen LogP contribution in [-0.4, -0.2) is 9.55 Å². The predicted molar refractivity (Wildman–Crippen MR) is 97.8 cm³/mol. The molecule has 0 aliphatic carbocycles. The highest BCUT2D eigenvalue weighted by Crippen LogP contribution is 2.32. The average molecular weight is 393 g/mol. The molecule has 1 aliphatic rings. The van der Waals surface area contributed by atoms with E-state index >= 15 is 0 Å². The van der Waals surface area contributed by atoms with Crippen molar-refractivity contribution in [2.75, 3.05) is 0 Å². The standard InChI is InChI=1S/C16H13BrN2OS2/c1-2-10-8-12-15(22-10)18-14-9(5-6-19(14)16(12)20)7-11-3-4-13(17)21-11/h3-4,7-8H,2,5-6H2,1H3/b9-7+. The highest BCUT2D eigenvalue weighted by atomic mass is 79.9. The molecule has 6 heteroatoms. The first-order valence-electron chi connectivity index (χ1n) is 7.15. The number of aryl methyl sites for hydroxylation is 1. The van der Waals surface area contributed by atoms with Crippen LogP contribution in [0.3, 0.4) is 0 Å². The van der Waals surface area contributed by atoms with E-state index < -0.39 is 0 Å². The van der Waals surface area contributed by atoms with Crippen molar-refractivity contribution in [3.05, 3.63) is 47.9 Å². The van der Waals surface area contributed by atoms with Gasteiger partial charge in [-0.3, -0.25) is 9.36 Å². The van der Waals surface area contributed by atoms with Crippen molar-refractivity contribution in [3.8, 4) is 0 Å². The van der Waals surface area contributed by atoms with Crippen molar-refractivity contribution >= 4 is 60.5 Å². The molecule has 0 unspecified atom stereocenters. The van der Waals surface area contributed by atoms with E-state index in [0.717, 1.165) is 44.8 Å². The van der Waals surface area contributed by atoms with E-state index in [1.807, 2.05) is 16.7 Å². The first-order chi connectivity index (χ1) is 10.7. The largest absolute Gasteiger partial charge is 0.292 e. The smallest absolute Gasteiger partial charge is 0.262 e. The van der Waals surface area contributed by atoms with E-state index in [2.05, 4.69) is 35.0 Å². The number of aromatic nitrogens is 2. The number of allylic oxidation sites excluding steroid dienone is 1. The third-order valence-electron chi connectivity index (χ3n) is 3.85. The highest BCUT2D eigenvalue weighted by Gasteiger charge is 2.22. The summed E-state index contributed by atoms with van der Waals surface area (Å²) in [5.41, 5.74) is 1.26. The molecule has 0 aromatic carbocycles. The first kappa shape index (κ1) is 14.4. The second-order valence-electron chi connectivity index (χ2n) is 5.24. The van der Waals surface area contributed by atoms with Gasteiger partial charge in [0.15, 0.2) is 0 Å². The SMILES string of the molecule is CCc1cc2c(=O)n3c(nc2s1)/C(=C/c1ccc(Br)s1)CC3. The molecule has 1 aliphatic heterocycles. The topological polar surface area (TPSA) is 34.9 Å². The molecular weight excluding hydrogens is 380 g/mol. The van der Waals surface area contributed by atoms with E-state index in [4.69, 9.17) is 4.98 Å². The summed E-state index contributed by atoms with van der Waals surface area (Å²) >= 11 is 6.81. The summed E-state index contributed by atoms with van der Waals surface area (Å²) in [6, 6.07) is 6.13. The van der Waals surface area contributed by atoms with Crippen LogP contribution in [0.5, 0.6) is 0 Å². The van der Waals surface area contributed by atoms with Gasteiger partial charge in [-0.15, -0.1) is 22.7 Å². The summed E-state index contributed by atoms with van der Waals surface area (Å²) in [4.78, 5) is 20.7. The minimum atomic E-state index is 0.103. The van der Waals surface area contributed by atoms with Crippen molar-refractivity contribution in [3.63, 3.8) is 0 Å². The molecule has 0 atom stereocenters. The van der Waals surface area contributed by atoms with Gasteiger partial charge >= 0.3 is 0 Å². The third-order valence-corrected chi connectivity index (χ3v) is 6.60. The molecule has 0 saturated carbocycles. The Morgan fingerprint density at radius 1 is 1.41 bits per heavy atom. The maximum atomic E-state index is 12.6. The van der Waals surface area contributed by atoms with E-state index in [-0.39, 0.29) is 5.56 Å². The van der Waals surface area contributed by atoms with E-state index in [9.17, 15) is 4.79 Å². The molecule has 3 aromatic rings. The fourth-order valence-electron chi connectivity index (χ4n) is 2.75. The first-order valence-corrected chi connectivity index (χ1v) is 9.58. The van der Waals surface area contributed by atoms with Crippen LogP contribution in [0.2, 0.25) is 0 Å². The Bertz CT molecular complexity index is 964. The van der Waals surface area contributed by atoms with Gasteiger partial charge in [-0.2, -0.15) is 0 Å². The molecule has 3 nitrogen and oxygen atoms in total. The predicted octanol–water partition coefficient (Wildman–Crippen LogP) is 4.79. The van der Waals surface area contributed by atoms with Gasteiger partial charge in [-0.05, 0) is 58.6 Å². The monoisotopic (exact) mass is 392 g/mol. The van der Waals surface area contributed by atoms with Crippen molar-refractivity contribution in [1.29, 1.82) is 0 Å². The Morgan fingerprint density at radius 3 is 3.00 bits per heavy atom. The Kier molecular flexibility index (Phi) is 3.55. The second-order valence-corrected chi connectivity index (χ2v) is 8.85. The van der Waals surface area contributed by atoms with Crippen LogP contribution in [0, 0.1) is 0 Å². The number of fused-ring (bicyclic) bond motifs is 2. The van der Waals surface area contributed by atoms with Crippen LogP contribution in [0.1, 0.15) is 28.9 Å². The van der Waals surface area contributed by atoms with Gasteiger partial charge in [-0.25, -0.2) is 4.98 Å². The minimum absolute atomic E-state index is 0.103. The van der Waals surface area contributed by atoms with Crippen LogP contribution < -0.4 is 5.56 Å². The number of rotatable bonds is 2. The molecule has 0 fully saturated rings. The number of hydrogen-bond acceptors (Lipinski definition) is 4. The lowest BCUT2D eigenvalue weighted by molar-refractivity contribution is 0.726. The number of halogens is 1. The highest BCUT2D eigenvalue weighted by molar-refractivity contribution is 9.11.